The lowest BCUT2D eigenvalue weighted by atomic mass is 10.1. The van der Waals surface area contributed by atoms with Crippen LogP contribution in [-0.4, -0.2) is 40.8 Å². The number of ether oxygens (including phenoxy) is 1. The van der Waals surface area contributed by atoms with Gasteiger partial charge in [0.05, 0.1) is 17.6 Å². The Morgan fingerprint density at radius 2 is 2.04 bits per heavy atom. The van der Waals surface area contributed by atoms with E-state index in [9.17, 15) is 19.7 Å². The maximum atomic E-state index is 12.9. The summed E-state index contributed by atoms with van der Waals surface area (Å²) in [6.45, 7) is 3.61. The number of benzene rings is 1. The average molecular weight is 394 g/mol. The van der Waals surface area contributed by atoms with Crippen molar-refractivity contribution in [3.63, 3.8) is 0 Å². The van der Waals surface area contributed by atoms with Gasteiger partial charge in [-0.15, -0.1) is 0 Å². The Morgan fingerprint density at radius 3 is 2.59 bits per heavy atom. The predicted octanol–water partition coefficient (Wildman–Crippen LogP) is 3.51. The van der Waals surface area contributed by atoms with Gasteiger partial charge in [-0.05, 0) is 30.5 Å². The van der Waals surface area contributed by atoms with E-state index in [1.165, 1.54) is 30.2 Å². The number of aromatic nitrogens is 1. The van der Waals surface area contributed by atoms with Crippen LogP contribution in [0.15, 0.2) is 18.2 Å². The van der Waals surface area contributed by atoms with Gasteiger partial charge in [-0.3, -0.25) is 14.9 Å². The first-order chi connectivity index (χ1) is 12.7. The Labute approximate surface area is 161 Å². The first kappa shape index (κ1) is 20.4. The molecule has 0 unspecified atom stereocenters. The molecule has 0 saturated heterocycles. The second-order valence-corrected chi connectivity index (χ2v) is 6.42. The number of methoxy groups -OCH3 is 1. The van der Waals surface area contributed by atoms with Crippen LogP contribution in [0.25, 0.3) is 0 Å². The van der Waals surface area contributed by atoms with Gasteiger partial charge in [-0.1, -0.05) is 18.5 Å². The van der Waals surface area contributed by atoms with Crippen molar-refractivity contribution in [3.05, 3.63) is 61.4 Å². The maximum Gasteiger partial charge on any atom is 0.339 e. The van der Waals surface area contributed by atoms with E-state index in [0.717, 1.165) is 0 Å². The van der Waals surface area contributed by atoms with Gasteiger partial charge >= 0.3 is 5.97 Å². The summed E-state index contributed by atoms with van der Waals surface area (Å²) in [5, 5.41) is 11.3. The Hall–Kier alpha value is -2.87. The standard InChI is InChI=1S/C18H20ClN3O5/c1-5-14-15(18(24)27-4)10(2)16(20-14)17(23)21(3)9-11-8-12(22(25)26)6-7-13(11)19/h6-8,20H,5,9H2,1-4H3. The van der Waals surface area contributed by atoms with Gasteiger partial charge in [-0.2, -0.15) is 0 Å². The quantitative estimate of drug-likeness (QED) is 0.459. The molecule has 9 heteroatoms. The minimum absolute atomic E-state index is 0.0762. The Morgan fingerprint density at radius 1 is 1.37 bits per heavy atom. The molecule has 2 rings (SSSR count). The summed E-state index contributed by atoms with van der Waals surface area (Å²) in [6, 6.07) is 4.07. The zero-order valence-electron chi connectivity index (χ0n) is 15.5. The lowest BCUT2D eigenvalue weighted by Gasteiger charge is -2.18. The number of nitrogens with zero attached hydrogens (tertiary/aromatic N) is 2. The number of esters is 1. The van der Waals surface area contributed by atoms with E-state index in [-0.39, 0.29) is 23.8 Å². The molecule has 0 bridgehead atoms. The number of nitrogens with one attached hydrogen (secondary N) is 1. The summed E-state index contributed by atoms with van der Waals surface area (Å²) in [4.78, 5) is 39.7. The van der Waals surface area contributed by atoms with Crippen LogP contribution in [0.1, 0.15) is 44.6 Å². The summed E-state index contributed by atoms with van der Waals surface area (Å²) in [7, 11) is 2.84. The molecule has 27 heavy (non-hydrogen) atoms. The summed E-state index contributed by atoms with van der Waals surface area (Å²) in [5.41, 5.74) is 2.09. The number of nitro benzene ring substituents is 1. The molecule has 1 N–H and O–H groups in total. The van der Waals surface area contributed by atoms with Crippen LogP contribution in [0.2, 0.25) is 5.02 Å². The number of aromatic amines is 1. The van der Waals surface area contributed by atoms with Crippen molar-refractivity contribution in [2.24, 2.45) is 0 Å². The lowest BCUT2D eigenvalue weighted by molar-refractivity contribution is -0.384. The van der Waals surface area contributed by atoms with Crippen LogP contribution < -0.4 is 0 Å². The number of halogens is 1. The normalized spacial score (nSPS) is 10.6. The summed E-state index contributed by atoms with van der Waals surface area (Å²) < 4.78 is 4.79. The molecule has 0 spiro atoms. The first-order valence-electron chi connectivity index (χ1n) is 8.19. The number of aryl methyl sites for hydroxylation is 1. The number of hydrogen-bond donors (Lipinski definition) is 1. The number of non-ortho nitro benzene ring substituents is 1. The van der Waals surface area contributed by atoms with Crippen molar-refractivity contribution in [1.29, 1.82) is 0 Å². The Bertz CT molecular complexity index is 907. The fourth-order valence-electron chi connectivity index (χ4n) is 2.83. The fourth-order valence-corrected chi connectivity index (χ4v) is 3.01. The number of amides is 1. The highest BCUT2D eigenvalue weighted by molar-refractivity contribution is 6.31. The number of nitro groups is 1. The second kappa shape index (κ2) is 8.22. The van der Waals surface area contributed by atoms with Gasteiger partial charge in [0.25, 0.3) is 11.6 Å². The lowest BCUT2D eigenvalue weighted by Crippen LogP contribution is -2.27. The molecule has 0 fully saturated rings. The highest BCUT2D eigenvalue weighted by Crippen LogP contribution is 2.25. The zero-order chi connectivity index (χ0) is 20.3. The number of carbonyl (C=O) groups excluding carboxylic acids is 2. The largest absolute Gasteiger partial charge is 0.465 e. The van der Waals surface area contributed by atoms with Crippen LogP contribution in [0.3, 0.4) is 0 Å². The zero-order valence-corrected chi connectivity index (χ0v) is 16.2. The highest BCUT2D eigenvalue weighted by atomic mass is 35.5. The second-order valence-electron chi connectivity index (χ2n) is 6.02. The minimum atomic E-state index is -0.521. The van der Waals surface area contributed by atoms with Crippen LogP contribution in [0, 0.1) is 17.0 Å². The molecule has 0 radical (unpaired) electrons. The third kappa shape index (κ3) is 4.11. The third-order valence-corrected chi connectivity index (χ3v) is 4.65. The molecule has 0 aliphatic carbocycles. The van der Waals surface area contributed by atoms with Gasteiger partial charge in [0.1, 0.15) is 5.69 Å². The van der Waals surface area contributed by atoms with E-state index in [2.05, 4.69) is 4.98 Å². The fraction of sp³-hybridized carbons (Fsp3) is 0.333. The van der Waals surface area contributed by atoms with E-state index < -0.39 is 10.9 Å². The number of hydrogen-bond acceptors (Lipinski definition) is 5. The molecule has 2 aromatic rings. The molecule has 8 nitrogen and oxygen atoms in total. The van der Waals surface area contributed by atoms with Crippen LogP contribution >= 0.6 is 11.6 Å². The van der Waals surface area contributed by atoms with Crippen molar-refractivity contribution < 1.29 is 19.2 Å². The molecule has 1 aromatic carbocycles. The Kier molecular flexibility index (Phi) is 6.22. The van der Waals surface area contributed by atoms with Gasteiger partial charge in [0.2, 0.25) is 0 Å². The topological polar surface area (TPSA) is 106 Å². The molecular weight excluding hydrogens is 374 g/mol. The first-order valence-corrected chi connectivity index (χ1v) is 8.57. The number of H-pyrrole nitrogens is 1. The monoisotopic (exact) mass is 393 g/mol. The summed E-state index contributed by atoms with van der Waals surface area (Å²) in [6.07, 6.45) is 0.527. The molecule has 1 heterocycles. The predicted molar refractivity (Wildman–Crippen MR) is 100 cm³/mol. The van der Waals surface area contributed by atoms with E-state index >= 15 is 0 Å². The molecule has 0 saturated carbocycles. The van der Waals surface area contributed by atoms with E-state index in [1.807, 2.05) is 6.92 Å². The van der Waals surface area contributed by atoms with Crippen LogP contribution in [-0.2, 0) is 17.7 Å². The molecule has 144 valence electrons. The van der Waals surface area contributed by atoms with Crippen molar-refractivity contribution in [3.8, 4) is 0 Å². The van der Waals surface area contributed by atoms with Gasteiger partial charge < -0.3 is 14.6 Å². The molecule has 0 atom stereocenters. The molecule has 0 aliphatic rings. The van der Waals surface area contributed by atoms with Crippen molar-refractivity contribution in [2.75, 3.05) is 14.2 Å². The van der Waals surface area contributed by atoms with E-state index in [0.29, 0.717) is 33.8 Å². The smallest absolute Gasteiger partial charge is 0.339 e. The Balaban J connectivity index is 2.33. The average Bonchev–Trinajstić information content (AvgIpc) is 2.98. The van der Waals surface area contributed by atoms with Crippen molar-refractivity contribution >= 4 is 29.2 Å². The van der Waals surface area contributed by atoms with Crippen molar-refractivity contribution in [1.82, 2.24) is 9.88 Å². The van der Waals surface area contributed by atoms with Gasteiger partial charge in [0, 0.05) is 36.4 Å². The number of carbonyl (C=O) groups is 2. The maximum absolute atomic E-state index is 12.9. The van der Waals surface area contributed by atoms with Crippen LogP contribution in [0.4, 0.5) is 5.69 Å². The van der Waals surface area contributed by atoms with Gasteiger partial charge in [-0.25, -0.2) is 4.79 Å². The molecular formula is C18H20ClN3O5. The summed E-state index contributed by atoms with van der Waals surface area (Å²) >= 11 is 6.11. The van der Waals surface area contributed by atoms with Gasteiger partial charge in [0.15, 0.2) is 0 Å². The van der Waals surface area contributed by atoms with Crippen LogP contribution in [0.5, 0.6) is 0 Å². The molecule has 0 aliphatic heterocycles. The minimum Gasteiger partial charge on any atom is -0.465 e. The van der Waals surface area contributed by atoms with E-state index in [1.54, 1.807) is 14.0 Å². The molecule has 1 amide bonds. The highest BCUT2D eigenvalue weighted by Gasteiger charge is 2.25. The van der Waals surface area contributed by atoms with E-state index in [4.69, 9.17) is 16.3 Å². The third-order valence-electron chi connectivity index (χ3n) is 4.28. The summed E-state index contributed by atoms with van der Waals surface area (Å²) in [5.74, 6) is -0.871. The molecule has 1 aromatic heterocycles. The van der Waals surface area contributed by atoms with Crippen molar-refractivity contribution in [2.45, 2.75) is 26.8 Å². The number of rotatable bonds is 6. The SMILES string of the molecule is CCc1[nH]c(C(=O)N(C)Cc2cc([N+](=O)[O-])ccc2Cl)c(C)c1C(=O)OC.